The van der Waals surface area contributed by atoms with Gasteiger partial charge in [-0.25, -0.2) is 4.98 Å². The quantitative estimate of drug-likeness (QED) is 0.525. The molecule has 0 aliphatic carbocycles. The second kappa shape index (κ2) is 2.36. The van der Waals surface area contributed by atoms with Gasteiger partial charge in [0.2, 0.25) is 5.89 Å². The van der Waals surface area contributed by atoms with Gasteiger partial charge in [0.25, 0.3) is 0 Å². The van der Waals surface area contributed by atoms with Crippen LogP contribution in [0.2, 0.25) is 0 Å². The fraction of sp³-hybridized carbons (Fsp3) is 0.286. The molecule has 1 aromatic rings. The molecule has 1 unspecified atom stereocenters. The van der Waals surface area contributed by atoms with Crippen molar-refractivity contribution in [3.8, 4) is 12.3 Å². The SMILES string of the molecule is C#CC(C)c1ncco1. The molecular weight excluding hydrogens is 114 g/mol. The summed E-state index contributed by atoms with van der Waals surface area (Å²) in [5.41, 5.74) is 0. The Balaban J connectivity index is 2.80. The summed E-state index contributed by atoms with van der Waals surface area (Å²) in [5, 5.41) is 0. The van der Waals surface area contributed by atoms with Gasteiger partial charge < -0.3 is 4.42 Å². The smallest absolute Gasteiger partial charge is 0.208 e. The molecule has 0 fully saturated rings. The number of rotatable bonds is 1. The van der Waals surface area contributed by atoms with Crippen molar-refractivity contribution in [3.63, 3.8) is 0 Å². The first kappa shape index (κ1) is 5.90. The highest BCUT2D eigenvalue weighted by molar-refractivity contribution is 5.07. The van der Waals surface area contributed by atoms with E-state index in [1.54, 1.807) is 6.20 Å². The number of nitrogens with zero attached hydrogens (tertiary/aromatic N) is 1. The van der Waals surface area contributed by atoms with Gasteiger partial charge in [-0.15, -0.1) is 6.42 Å². The van der Waals surface area contributed by atoms with Crippen molar-refractivity contribution in [2.45, 2.75) is 12.8 Å². The lowest BCUT2D eigenvalue weighted by Gasteiger charge is -1.92. The van der Waals surface area contributed by atoms with Crippen molar-refractivity contribution in [2.75, 3.05) is 0 Å². The molecule has 0 aromatic carbocycles. The predicted octanol–water partition coefficient (Wildman–Crippen LogP) is 1.41. The van der Waals surface area contributed by atoms with Gasteiger partial charge in [0.05, 0.1) is 12.1 Å². The van der Waals surface area contributed by atoms with Crippen molar-refractivity contribution in [1.82, 2.24) is 4.98 Å². The average molecular weight is 121 g/mol. The monoisotopic (exact) mass is 121 g/mol. The third kappa shape index (κ3) is 1.11. The van der Waals surface area contributed by atoms with Crippen LogP contribution in [-0.4, -0.2) is 4.98 Å². The van der Waals surface area contributed by atoms with E-state index in [9.17, 15) is 0 Å². The van der Waals surface area contributed by atoms with Crippen molar-refractivity contribution >= 4 is 0 Å². The van der Waals surface area contributed by atoms with Crippen LogP contribution in [0.4, 0.5) is 0 Å². The maximum Gasteiger partial charge on any atom is 0.208 e. The predicted molar refractivity (Wildman–Crippen MR) is 33.8 cm³/mol. The minimum Gasteiger partial charge on any atom is -0.448 e. The maximum atomic E-state index is 5.11. The Morgan fingerprint density at radius 2 is 2.67 bits per heavy atom. The summed E-state index contributed by atoms with van der Waals surface area (Å²) in [6.07, 6.45) is 8.22. The third-order valence-corrected chi connectivity index (χ3v) is 1.07. The van der Waals surface area contributed by atoms with Crippen LogP contribution in [0, 0.1) is 12.3 Å². The highest BCUT2D eigenvalue weighted by Gasteiger charge is 2.03. The number of oxazole rings is 1. The molecule has 0 amide bonds. The van der Waals surface area contributed by atoms with Gasteiger partial charge in [0.1, 0.15) is 6.26 Å². The Hall–Kier alpha value is -1.23. The summed E-state index contributed by atoms with van der Waals surface area (Å²) < 4.78 is 4.93. The van der Waals surface area contributed by atoms with E-state index in [0.29, 0.717) is 5.89 Å². The Kier molecular flexibility index (Phi) is 1.55. The first-order valence-electron chi connectivity index (χ1n) is 2.70. The Bertz CT molecular complexity index is 207. The number of terminal acetylenes is 1. The first-order chi connectivity index (χ1) is 4.34. The van der Waals surface area contributed by atoms with Gasteiger partial charge in [-0.2, -0.15) is 0 Å². The maximum absolute atomic E-state index is 5.11. The average Bonchev–Trinajstić information content (AvgIpc) is 2.37. The van der Waals surface area contributed by atoms with Crippen LogP contribution in [0.3, 0.4) is 0 Å². The highest BCUT2D eigenvalue weighted by Crippen LogP contribution is 2.09. The van der Waals surface area contributed by atoms with Crippen LogP contribution in [0.1, 0.15) is 18.7 Å². The lowest BCUT2D eigenvalue weighted by Crippen LogP contribution is -1.87. The minimum absolute atomic E-state index is 0.0139. The van der Waals surface area contributed by atoms with Crippen molar-refractivity contribution in [3.05, 3.63) is 18.4 Å². The molecule has 2 nitrogen and oxygen atoms in total. The van der Waals surface area contributed by atoms with Crippen LogP contribution < -0.4 is 0 Å². The summed E-state index contributed by atoms with van der Waals surface area (Å²) in [7, 11) is 0. The lowest BCUT2D eigenvalue weighted by atomic mass is 10.2. The summed E-state index contributed by atoms with van der Waals surface area (Å²) in [6, 6.07) is 0. The molecule has 1 rings (SSSR count). The molecular formula is C7H7NO. The third-order valence-electron chi connectivity index (χ3n) is 1.07. The zero-order valence-electron chi connectivity index (χ0n) is 5.16. The Morgan fingerprint density at radius 1 is 1.89 bits per heavy atom. The first-order valence-corrected chi connectivity index (χ1v) is 2.70. The summed E-state index contributed by atoms with van der Waals surface area (Å²) in [5.74, 6) is 3.11. The normalized spacial score (nSPS) is 12.4. The molecule has 0 saturated carbocycles. The van der Waals surface area contributed by atoms with E-state index in [-0.39, 0.29) is 5.92 Å². The molecule has 0 bridgehead atoms. The van der Waals surface area contributed by atoms with Crippen LogP contribution in [0.5, 0.6) is 0 Å². The zero-order chi connectivity index (χ0) is 6.69. The molecule has 0 aliphatic heterocycles. The molecule has 1 atom stereocenters. The van der Waals surface area contributed by atoms with Gasteiger partial charge >= 0.3 is 0 Å². The topological polar surface area (TPSA) is 26.0 Å². The second-order valence-corrected chi connectivity index (χ2v) is 1.76. The van der Waals surface area contributed by atoms with E-state index in [1.807, 2.05) is 6.92 Å². The van der Waals surface area contributed by atoms with E-state index in [0.717, 1.165) is 0 Å². The minimum atomic E-state index is -0.0139. The number of hydrogen-bond acceptors (Lipinski definition) is 2. The van der Waals surface area contributed by atoms with Gasteiger partial charge in [0, 0.05) is 0 Å². The van der Waals surface area contributed by atoms with Crippen LogP contribution in [0.15, 0.2) is 16.9 Å². The molecule has 1 aromatic heterocycles. The van der Waals surface area contributed by atoms with Crippen molar-refractivity contribution in [2.24, 2.45) is 0 Å². The van der Waals surface area contributed by atoms with Crippen molar-refractivity contribution < 1.29 is 4.42 Å². The summed E-state index contributed by atoms with van der Waals surface area (Å²) >= 11 is 0. The lowest BCUT2D eigenvalue weighted by molar-refractivity contribution is 0.488. The molecule has 9 heavy (non-hydrogen) atoms. The van der Waals surface area contributed by atoms with Crippen molar-refractivity contribution in [1.29, 1.82) is 0 Å². The summed E-state index contributed by atoms with van der Waals surface area (Å²) in [4.78, 5) is 3.88. The van der Waals surface area contributed by atoms with Gasteiger partial charge in [-0.3, -0.25) is 0 Å². The van der Waals surface area contributed by atoms with E-state index < -0.39 is 0 Å². The molecule has 0 saturated heterocycles. The fourth-order valence-corrected chi connectivity index (χ4v) is 0.520. The molecule has 0 spiro atoms. The van der Waals surface area contributed by atoms with Crippen LogP contribution >= 0.6 is 0 Å². The number of hydrogen-bond donors (Lipinski definition) is 0. The van der Waals surface area contributed by atoms with Crippen LogP contribution in [0.25, 0.3) is 0 Å². The fourth-order valence-electron chi connectivity index (χ4n) is 0.520. The van der Waals surface area contributed by atoms with Gasteiger partial charge in [-0.05, 0) is 6.92 Å². The van der Waals surface area contributed by atoms with Gasteiger partial charge in [0.15, 0.2) is 0 Å². The van der Waals surface area contributed by atoms with E-state index >= 15 is 0 Å². The molecule has 2 heteroatoms. The largest absolute Gasteiger partial charge is 0.448 e. The molecule has 0 radical (unpaired) electrons. The van der Waals surface area contributed by atoms with Gasteiger partial charge in [-0.1, -0.05) is 5.92 Å². The molecule has 1 heterocycles. The summed E-state index contributed by atoms with van der Waals surface area (Å²) in [6.45, 7) is 1.87. The van der Waals surface area contributed by atoms with E-state index in [4.69, 9.17) is 10.8 Å². The molecule has 46 valence electrons. The molecule has 0 N–H and O–H groups in total. The van der Waals surface area contributed by atoms with Crippen LogP contribution in [-0.2, 0) is 0 Å². The van der Waals surface area contributed by atoms with E-state index in [2.05, 4.69) is 10.9 Å². The standard InChI is InChI=1S/C7H7NO/c1-3-6(2)7-8-4-5-9-7/h1,4-6H,2H3. The highest BCUT2D eigenvalue weighted by atomic mass is 16.3. The zero-order valence-corrected chi connectivity index (χ0v) is 5.16. The Morgan fingerprint density at radius 3 is 3.11 bits per heavy atom. The second-order valence-electron chi connectivity index (χ2n) is 1.76. The Labute approximate surface area is 53.9 Å². The number of aromatic nitrogens is 1. The molecule has 0 aliphatic rings. The van der Waals surface area contributed by atoms with E-state index in [1.165, 1.54) is 6.26 Å².